The molecule has 0 fully saturated rings. The molecule has 0 aromatic heterocycles. The van der Waals surface area contributed by atoms with Crippen molar-refractivity contribution in [2.24, 2.45) is 0 Å². The maximum atomic E-state index is 11.9. The lowest BCUT2D eigenvalue weighted by Crippen LogP contribution is -2.18. The number of carbonyl (C=O) groups is 2. The van der Waals surface area contributed by atoms with E-state index in [0.29, 0.717) is 11.1 Å². The van der Waals surface area contributed by atoms with Gasteiger partial charge in [-0.25, -0.2) is 4.79 Å². The standard InChI is InChI=1S/C16H14O4/c1-11(13-9-5-6-10-14(13)17)15(18)20-16(19)12-7-3-2-4-8-12/h2-11,17H,1H3. The molecule has 2 aromatic rings. The van der Waals surface area contributed by atoms with Crippen molar-refractivity contribution in [1.29, 1.82) is 0 Å². The van der Waals surface area contributed by atoms with Gasteiger partial charge in [-0.2, -0.15) is 0 Å². The van der Waals surface area contributed by atoms with Gasteiger partial charge in [-0.05, 0) is 25.1 Å². The first-order chi connectivity index (χ1) is 9.59. The second kappa shape index (κ2) is 6.02. The zero-order chi connectivity index (χ0) is 14.5. The van der Waals surface area contributed by atoms with Crippen LogP contribution in [0.25, 0.3) is 0 Å². The molecule has 0 saturated heterocycles. The fourth-order valence-corrected chi connectivity index (χ4v) is 1.79. The SMILES string of the molecule is CC(C(=O)OC(=O)c1ccccc1)c1ccccc1O. The molecule has 0 radical (unpaired) electrons. The Kier molecular flexibility index (Phi) is 4.15. The molecule has 20 heavy (non-hydrogen) atoms. The molecule has 4 heteroatoms. The van der Waals surface area contributed by atoms with Crippen molar-refractivity contribution in [2.45, 2.75) is 12.8 Å². The molecule has 4 nitrogen and oxygen atoms in total. The third kappa shape index (κ3) is 3.03. The molecule has 0 aliphatic carbocycles. The molecule has 2 aromatic carbocycles. The Balaban J connectivity index is 2.09. The average Bonchev–Trinajstić information content (AvgIpc) is 2.48. The topological polar surface area (TPSA) is 63.6 Å². The van der Waals surface area contributed by atoms with Crippen LogP contribution < -0.4 is 0 Å². The normalized spacial score (nSPS) is 11.7. The van der Waals surface area contributed by atoms with Gasteiger partial charge in [0.2, 0.25) is 0 Å². The van der Waals surface area contributed by atoms with Crippen LogP contribution >= 0.6 is 0 Å². The molecular weight excluding hydrogens is 256 g/mol. The van der Waals surface area contributed by atoms with Crippen LogP contribution in [-0.2, 0) is 9.53 Å². The number of carbonyl (C=O) groups excluding carboxylic acids is 2. The lowest BCUT2D eigenvalue weighted by atomic mass is 10.0. The molecule has 0 spiro atoms. The minimum Gasteiger partial charge on any atom is -0.508 e. The second-order valence-electron chi connectivity index (χ2n) is 4.36. The van der Waals surface area contributed by atoms with Gasteiger partial charge in [0.15, 0.2) is 0 Å². The number of rotatable bonds is 3. The predicted molar refractivity (Wildman–Crippen MR) is 73.4 cm³/mol. The van der Waals surface area contributed by atoms with E-state index in [1.54, 1.807) is 55.5 Å². The van der Waals surface area contributed by atoms with E-state index in [1.165, 1.54) is 6.07 Å². The Morgan fingerprint density at radius 3 is 2.25 bits per heavy atom. The average molecular weight is 270 g/mol. The van der Waals surface area contributed by atoms with Crippen LogP contribution in [0.3, 0.4) is 0 Å². The zero-order valence-electron chi connectivity index (χ0n) is 10.9. The Morgan fingerprint density at radius 1 is 1.00 bits per heavy atom. The lowest BCUT2D eigenvalue weighted by molar-refractivity contribution is -0.139. The third-order valence-corrected chi connectivity index (χ3v) is 2.96. The summed E-state index contributed by atoms with van der Waals surface area (Å²) in [6.07, 6.45) is 0. The molecule has 0 saturated carbocycles. The number of hydrogen-bond acceptors (Lipinski definition) is 4. The van der Waals surface area contributed by atoms with Crippen LogP contribution in [0.15, 0.2) is 54.6 Å². The van der Waals surface area contributed by atoms with Crippen molar-refractivity contribution >= 4 is 11.9 Å². The number of phenols is 1. The fraction of sp³-hybridized carbons (Fsp3) is 0.125. The van der Waals surface area contributed by atoms with E-state index in [0.717, 1.165) is 0 Å². The fourth-order valence-electron chi connectivity index (χ4n) is 1.79. The van der Waals surface area contributed by atoms with Gasteiger partial charge in [0.05, 0.1) is 11.5 Å². The quantitative estimate of drug-likeness (QED) is 0.688. The highest BCUT2D eigenvalue weighted by Gasteiger charge is 2.22. The summed E-state index contributed by atoms with van der Waals surface area (Å²) in [5, 5.41) is 9.69. The van der Waals surface area contributed by atoms with Crippen molar-refractivity contribution in [3.8, 4) is 5.75 Å². The highest BCUT2D eigenvalue weighted by Crippen LogP contribution is 2.26. The van der Waals surface area contributed by atoms with Crippen LogP contribution in [0, 0.1) is 0 Å². The number of phenolic OH excluding ortho intramolecular Hbond substituents is 1. The largest absolute Gasteiger partial charge is 0.508 e. The second-order valence-corrected chi connectivity index (χ2v) is 4.36. The number of hydrogen-bond donors (Lipinski definition) is 1. The van der Waals surface area contributed by atoms with Gasteiger partial charge in [-0.15, -0.1) is 0 Å². The monoisotopic (exact) mass is 270 g/mol. The van der Waals surface area contributed by atoms with Crippen molar-refractivity contribution < 1.29 is 19.4 Å². The van der Waals surface area contributed by atoms with Crippen LogP contribution in [0.5, 0.6) is 5.75 Å². The van der Waals surface area contributed by atoms with E-state index in [4.69, 9.17) is 4.74 Å². The first-order valence-corrected chi connectivity index (χ1v) is 6.18. The molecule has 1 unspecified atom stereocenters. The van der Waals surface area contributed by atoms with E-state index in [2.05, 4.69) is 0 Å². The summed E-state index contributed by atoms with van der Waals surface area (Å²) in [5.41, 5.74) is 0.740. The van der Waals surface area contributed by atoms with E-state index >= 15 is 0 Å². The van der Waals surface area contributed by atoms with Crippen LogP contribution in [-0.4, -0.2) is 17.0 Å². The summed E-state index contributed by atoms with van der Waals surface area (Å²) in [5.74, 6) is -2.11. The van der Waals surface area contributed by atoms with Crippen molar-refractivity contribution in [3.63, 3.8) is 0 Å². The highest BCUT2D eigenvalue weighted by atomic mass is 16.6. The van der Waals surface area contributed by atoms with Gasteiger partial charge in [0.25, 0.3) is 0 Å². The highest BCUT2D eigenvalue weighted by molar-refractivity contribution is 5.98. The van der Waals surface area contributed by atoms with Crippen molar-refractivity contribution in [1.82, 2.24) is 0 Å². The Bertz CT molecular complexity index is 619. The summed E-state index contributed by atoms with van der Waals surface area (Å²) in [6, 6.07) is 14.8. The Hall–Kier alpha value is -2.62. The molecular formula is C16H14O4. The Morgan fingerprint density at radius 2 is 1.60 bits per heavy atom. The number of benzene rings is 2. The van der Waals surface area contributed by atoms with E-state index < -0.39 is 17.9 Å². The van der Waals surface area contributed by atoms with E-state index in [1.807, 2.05) is 0 Å². The van der Waals surface area contributed by atoms with Crippen molar-refractivity contribution in [3.05, 3.63) is 65.7 Å². The molecule has 0 heterocycles. The maximum Gasteiger partial charge on any atom is 0.345 e. The van der Waals surface area contributed by atoms with Gasteiger partial charge < -0.3 is 9.84 Å². The predicted octanol–water partition coefficient (Wildman–Crippen LogP) is 2.88. The molecule has 1 atom stereocenters. The van der Waals surface area contributed by atoms with E-state index in [-0.39, 0.29) is 5.75 Å². The summed E-state index contributed by atoms with van der Waals surface area (Å²) < 4.78 is 4.82. The van der Waals surface area contributed by atoms with Crippen LogP contribution in [0.1, 0.15) is 28.8 Å². The third-order valence-electron chi connectivity index (χ3n) is 2.96. The van der Waals surface area contributed by atoms with Gasteiger partial charge >= 0.3 is 11.9 Å². The summed E-state index contributed by atoms with van der Waals surface area (Å²) in [7, 11) is 0. The molecule has 0 aliphatic rings. The summed E-state index contributed by atoms with van der Waals surface area (Å²) in [6.45, 7) is 1.58. The summed E-state index contributed by atoms with van der Waals surface area (Å²) >= 11 is 0. The van der Waals surface area contributed by atoms with Crippen molar-refractivity contribution in [2.75, 3.05) is 0 Å². The number of para-hydroxylation sites is 1. The first kappa shape index (κ1) is 13.8. The number of aromatic hydroxyl groups is 1. The molecule has 0 bridgehead atoms. The molecule has 102 valence electrons. The van der Waals surface area contributed by atoms with Gasteiger partial charge in [-0.1, -0.05) is 36.4 Å². The molecule has 2 rings (SSSR count). The number of ether oxygens (including phenoxy) is 1. The zero-order valence-corrected chi connectivity index (χ0v) is 10.9. The maximum absolute atomic E-state index is 11.9. The summed E-state index contributed by atoms with van der Waals surface area (Å²) in [4.78, 5) is 23.7. The molecule has 0 aliphatic heterocycles. The van der Waals surface area contributed by atoms with Gasteiger partial charge in [0.1, 0.15) is 5.75 Å². The smallest absolute Gasteiger partial charge is 0.345 e. The van der Waals surface area contributed by atoms with Crippen LogP contribution in [0.2, 0.25) is 0 Å². The Labute approximate surface area is 116 Å². The van der Waals surface area contributed by atoms with Crippen LogP contribution in [0.4, 0.5) is 0 Å². The lowest BCUT2D eigenvalue weighted by Gasteiger charge is -2.12. The van der Waals surface area contributed by atoms with Gasteiger partial charge in [-0.3, -0.25) is 4.79 Å². The minimum absolute atomic E-state index is 0.00381. The first-order valence-electron chi connectivity index (χ1n) is 6.18. The van der Waals surface area contributed by atoms with Gasteiger partial charge in [0, 0.05) is 5.56 Å². The van der Waals surface area contributed by atoms with E-state index in [9.17, 15) is 14.7 Å². The minimum atomic E-state index is -0.719. The number of esters is 2. The molecule has 1 N–H and O–H groups in total. The molecule has 0 amide bonds.